The monoisotopic (exact) mass is 267 g/mol. The van der Waals surface area contributed by atoms with Gasteiger partial charge in [-0.2, -0.15) is 0 Å². The van der Waals surface area contributed by atoms with Gasteiger partial charge >= 0.3 is 0 Å². The van der Waals surface area contributed by atoms with Crippen molar-refractivity contribution >= 4 is 5.84 Å². The minimum atomic E-state index is 0.365. The molecule has 0 amide bonds. The summed E-state index contributed by atoms with van der Waals surface area (Å²) in [5.41, 5.74) is 2.57. The maximum absolute atomic E-state index is 4.65. The highest BCUT2D eigenvalue weighted by atomic mass is 15.0. The van der Waals surface area contributed by atoms with Crippen molar-refractivity contribution in [3.8, 4) is 0 Å². The topological polar surface area (TPSA) is 36.4 Å². The summed E-state index contributed by atoms with van der Waals surface area (Å²) in [6.45, 7) is 2.86. The number of rotatable bonds is 4. The molecule has 1 heterocycles. The van der Waals surface area contributed by atoms with Crippen molar-refractivity contribution in [1.82, 2.24) is 10.6 Å². The van der Waals surface area contributed by atoms with Crippen molar-refractivity contribution in [2.45, 2.75) is 19.4 Å². The van der Waals surface area contributed by atoms with E-state index in [1.807, 2.05) is 0 Å². The first-order valence-electron chi connectivity index (χ1n) is 7.36. The molecule has 3 nitrogen and oxygen atoms in total. The van der Waals surface area contributed by atoms with Gasteiger partial charge in [-0.25, -0.2) is 0 Å². The van der Waals surface area contributed by atoms with Crippen molar-refractivity contribution < 1.29 is 0 Å². The fourth-order valence-electron chi connectivity index (χ4n) is 2.65. The van der Waals surface area contributed by atoms with Gasteiger partial charge in [0.2, 0.25) is 0 Å². The molecule has 1 aromatic rings. The number of nitrogens with one attached hydrogen (secondary N) is 2. The summed E-state index contributed by atoms with van der Waals surface area (Å²) < 4.78 is 0. The molecule has 3 rings (SSSR count). The highest BCUT2D eigenvalue weighted by molar-refractivity contribution is 5.87. The van der Waals surface area contributed by atoms with Gasteiger partial charge in [-0.15, -0.1) is 0 Å². The second kappa shape index (κ2) is 6.42. The molecule has 2 aliphatic rings. The van der Waals surface area contributed by atoms with Crippen molar-refractivity contribution in [2.75, 3.05) is 13.1 Å². The van der Waals surface area contributed by atoms with Crippen LogP contribution in [0.15, 0.2) is 59.2 Å². The van der Waals surface area contributed by atoms with Crippen LogP contribution in [0.4, 0.5) is 0 Å². The third-order valence-electron chi connectivity index (χ3n) is 3.75. The summed E-state index contributed by atoms with van der Waals surface area (Å²) in [7, 11) is 0. The van der Waals surface area contributed by atoms with Gasteiger partial charge in [-0.05, 0) is 24.5 Å². The van der Waals surface area contributed by atoms with Crippen molar-refractivity contribution in [3.63, 3.8) is 0 Å². The quantitative estimate of drug-likeness (QED) is 0.880. The van der Waals surface area contributed by atoms with Crippen LogP contribution < -0.4 is 10.6 Å². The summed E-state index contributed by atoms with van der Waals surface area (Å²) in [5, 5.41) is 7.03. The molecular formula is C17H21N3. The zero-order chi connectivity index (χ0) is 13.6. The summed E-state index contributed by atoms with van der Waals surface area (Å²) in [4.78, 5) is 4.65. The van der Waals surface area contributed by atoms with Crippen molar-refractivity contribution in [1.29, 1.82) is 0 Å². The number of amidine groups is 1. The Balaban J connectivity index is 1.68. The first-order chi connectivity index (χ1) is 9.93. The lowest BCUT2D eigenvalue weighted by Crippen LogP contribution is -2.39. The van der Waals surface area contributed by atoms with Crippen LogP contribution in [0.5, 0.6) is 0 Å². The molecule has 1 aromatic carbocycles. The highest BCUT2D eigenvalue weighted by Gasteiger charge is 2.22. The zero-order valence-electron chi connectivity index (χ0n) is 11.7. The van der Waals surface area contributed by atoms with Gasteiger partial charge < -0.3 is 10.6 Å². The lowest BCUT2D eigenvalue weighted by molar-refractivity contribution is 0.630. The first kappa shape index (κ1) is 13.0. The van der Waals surface area contributed by atoms with E-state index < -0.39 is 0 Å². The molecule has 20 heavy (non-hydrogen) atoms. The number of aliphatic imine (C=N–C) groups is 1. The molecule has 1 aliphatic heterocycles. The van der Waals surface area contributed by atoms with Gasteiger partial charge in [0, 0.05) is 25.3 Å². The normalized spacial score (nSPS) is 21.7. The summed E-state index contributed by atoms with van der Waals surface area (Å²) in [6, 6.07) is 10.5. The largest absolute Gasteiger partial charge is 0.384 e. The van der Waals surface area contributed by atoms with Crippen LogP contribution in [0.25, 0.3) is 0 Å². The van der Waals surface area contributed by atoms with Crippen molar-refractivity contribution in [2.24, 2.45) is 10.9 Å². The van der Waals surface area contributed by atoms with Gasteiger partial charge in [-0.1, -0.05) is 42.5 Å². The van der Waals surface area contributed by atoms with E-state index >= 15 is 0 Å². The van der Waals surface area contributed by atoms with E-state index in [0.29, 0.717) is 5.92 Å². The second-order valence-corrected chi connectivity index (χ2v) is 5.22. The van der Waals surface area contributed by atoms with Crippen LogP contribution in [0.3, 0.4) is 0 Å². The van der Waals surface area contributed by atoms with E-state index in [4.69, 9.17) is 0 Å². The number of benzene rings is 1. The van der Waals surface area contributed by atoms with Crippen LogP contribution in [-0.4, -0.2) is 18.9 Å². The number of allylic oxidation sites excluding steroid dienone is 3. The van der Waals surface area contributed by atoms with E-state index in [1.54, 1.807) is 0 Å². The maximum Gasteiger partial charge on any atom is 0.106 e. The van der Waals surface area contributed by atoms with E-state index in [1.165, 1.54) is 11.3 Å². The summed E-state index contributed by atoms with van der Waals surface area (Å²) in [6.07, 6.45) is 8.70. The average molecular weight is 267 g/mol. The van der Waals surface area contributed by atoms with Crippen LogP contribution in [0.2, 0.25) is 0 Å². The molecule has 0 fully saturated rings. The van der Waals surface area contributed by atoms with Gasteiger partial charge in [0.15, 0.2) is 0 Å². The van der Waals surface area contributed by atoms with E-state index in [9.17, 15) is 0 Å². The molecule has 1 unspecified atom stereocenters. The Kier molecular flexibility index (Phi) is 4.16. The van der Waals surface area contributed by atoms with Crippen LogP contribution in [0, 0.1) is 5.92 Å². The van der Waals surface area contributed by atoms with E-state index in [0.717, 1.165) is 38.3 Å². The Labute approximate surface area is 120 Å². The molecule has 0 aromatic heterocycles. The molecule has 1 atom stereocenters. The molecular weight excluding hydrogens is 246 g/mol. The van der Waals surface area contributed by atoms with Crippen molar-refractivity contribution in [3.05, 3.63) is 59.8 Å². The number of hydrogen-bond acceptors (Lipinski definition) is 3. The summed E-state index contributed by atoms with van der Waals surface area (Å²) >= 11 is 0. The zero-order valence-corrected chi connectivity index (χ0v) is 11.7. The fraction of sp³-hybridized carbons (Fsp3) is 0.353. The molecule has 0 saturated carbocycles. The minimum Gasteiger partial charge on any atom is -0.384 e. The Morgan fingerprint density at radius 2 is 2.15 bits per heavy atom. The minimum absolute atomic E-state index is 0.365. The fourth-order valence-corrected chi connectivity index (χ4v) is 2.65. The van der Waals surface area contributed by atoms with E-state index in [-0.39, 0.29) is 0 Å². The highest BCUT2D eigenvalue weighted by Crippen LogP contribution is 2.21. The third kappa shape index (κ3) is 3.10. The molecule has 0 radical (unpaired) electrons. The predicted octanol–water partition coefficient (Wildman–Crippen LogP) is 2.63. The van der Waals surface area contributed by atoms with Crippen LogP contribution in [-0.2, 0) is 6.54 Å². The molecule has 0 saturated heterocycles. The Bertz CT molecular complexity index is 528. The molecule has 0 spiro atoms. The Morgan fingerprint density at radius 3 is 2.95 bits per heavy atom. The lowest BCUT2D eigenvalue weighted by atomic mass is 9.94. The molecule has 1 aliphatic carbocycles. The second-order valence-electron chi connectivity index (χ2n) is 5.22. The molecule has 104 valence electrons. The number of hydrogen-bond donors (Lipinski definition) is 2. The molecule has 3 heteroatoms. The summed E-state index contributed by atoms with van der Waals surface area (Å²) in [5.74, 6) is 1.51. The Hall–Kier alpha value is -2.03. The van der Waals surface area contributed by atoms with Crippen LogP contribution in [0.1, 0.15) is 18.4 Å². The average Bonchev–Trinajstić information content (AvgIpc) is 2.55. The van der Waals surface area contributed by atoms with Gasteiger partial charge in [0.05, 0.1) is 5.92 Å². The third-order valence-corrected chi connectivity index (χ3v) is 3.75. The number of nitrogens with zero attached hydrogens (tertiary/aromatic N) is 1. The first-order valence-corrected chi connectivity index (χ1v) is 7.36. The van der Waals surface area contributed by atoms with Gasteiger partial charge in [-0.3, -0.25) is 4.99 Å². The van der Waals surface area contributed by atoms with Crippen LogP contribution >= 0.6 is 0 Å². The smallest absolute Gasteiger partial charge is 0.106 e. The lowest BCUT2D eigenvalue weighted by Gasteiger charge is -2.27. The maximum atomic E-state index is 4.65. The standard InChI is InChI=1S/C17H21N3/c1-2-7-14(8-3-1)13-20-16-10-5-4-9-15(16)17-18-11-6-12-19-17/h1-5,7-8,10,15,20H,6,9,11-13H2,(H,18,19). The molecule has 0 bridgehead atoms. The van der Waals surface area contributed by atoms with E-state index in [2.05, 4.69) is 64.2 Å². The SMILES string of the molecule is C1=CCC(C2=NCCCN2)C(NCc2ccccc2)=C1. The van der Waals surface area contributed by atoms with Gasteiger partial charge in [0.25, 0.3) is 0 Å². The predicted molar refractivity (Wildman–Crippen MR) is 83.5 cm³/mol. The molecule has 2 N–H and O–H groups in total. The Morgan fingerprint density at radius 1 is 1.25 bits per heavy atom. The van der Waals surface area contributed by atoms with Gasteiger partial charge in [0.1, 0.15) is 5.84 Å².